The molecule has 0 bridgehead atoms. The average Bonchev–Trinajstić information content (AvgIpc) is 2.62. The van der Waals surface area contributed by atoms with Crippen LogP contribution in [0, 0.1) is 0 Å². The van der Waals surface area contributed by atoms with Crippen molar-refractivity contribution in [3.8, 4) is 5.75 Å². The zero-order valence-electron chi connectivity index (χ0n) is 13.9. The van der Waals surface area contributed by atoms with Crippen molar-refractivity contribution in [2.75, 3.05) is 19.7 Å². The highest BCUT2D eigenvalue weighted by Gasteiger charge is 2.49. The summed E-state index contributed by atoms with van der Waals surface area (Å²) in [5, 5.41) is 0. The summed E-state index contributed by atoms with van der Waals surface area (Å²) in [7, 11) is 0. The molecular formula is C18H23F2NO3. The first-order valence-corrected chi connectivity index (χ1v) is 8.41. The maximum absolute atomic E-state index is 14.3. The Hall–Kier alpha value is -1.98. The molecule has 4 nitrogen and oxygen atoms in total. The maximum atomic E-state index is 14.3. The molecule has 24 heavy (non-hydrogen) atoms. The summed E-state index contributed by atoms with van der Waals surface area (Å²) < 4.78 is 34.0. The van der Waals surface area contributed by atoms with E-state index in [4.69, 9.17) is 4.74 Å². The van der Waals surface area contributed by atoms with Crippen LogP contribution in [-0.2, 0) is 4.79 Å². The van der Waals surface area contributed by atoms with E-state index >= 15 is 0 Å². The minimum Gasteiger partial charge on any atom is -0.494 e. The molecule has 0 atom stereocenters. The van der Waals surface area contributed by atoms with Crippen molar-refractivity contribution in [1.82, 2.24) is 4.90 Å². The molecule has 0 aromatic heterocycles. The molecule has 1 amide bonds. The monoisotopic (exact) mass is 339 g/mol. The Morgan fingerprint density at radius 1 is 1.12 bits per heavy atom. The summed E-state index contributed by atoms with van der Waals surface area (Å²) in [6.07, 6.45) is 4.19. The molecule has 0 saturated carbocycles. The number of alkyl halides is 2. The second-order valence-electron chi connectivity index (χ2n) is 5.98. The van der Waals surface area contributed by atoms with E-state index in [0.717, 1.165) is 24.2 Å². The van der Waals surface area contributed by atoms with E-state index in [9.17, 15) is 18.4 Å². The normalized spacial score (nSPS) is 15.2. The average molecular weight is 339 g/mol. The summed E-state index contributed by atoms with van der Waals surface area (Å²) in [4.78, 5) is 25.2. The summed E-state index contributed by atoms with van der Waals surface area (Å²) in [5.74, 6) is -6.36. The Kier molecular flexibility index (Phi) is 6.29. The molecule has 1 aliphatic rings. The molecule has 0 aliphatic carbocycles. The van der Waals surface area contributed by atoms with Gasteiger partial charge < -0.3 is 9.64 Å². The number of likely N-dealkylation sites (tertiary alicyclic amines) is 1. The van der Waals surface area contributed by atoms with E-state index in [-0.39, 0.29) is 18.7 Å². The molecule has 0 radical (unpaired) electrons. The van der Waals surface area contributed by atoms with Gasteiger partial charge in [0.1, 0.15) is 5.75 Å². The number of carbonyl (C=O) groups excluding carboxylic acids is 2. The lowest BCUT2D eigenvalue weighted by atomic mass is 10.0. The standard InChI is InChI=1S/C18H23F2NO3/c1-2-3-13-24-15-9-7-14(8-10-15)16(22)18(19,20)17(23)21-11-5-4-6-12-21/h7-10H,2-6,11-13H2,1H3. The fourth-order valence-corrected chi connectivity index (χ4v) is 2.61. The molecule has 0 spiro atoms. The number of Topliss-reactive ketones (excluding diaryl/α,β-unsaturated/α-hetero) is 1. The van der Waals surface area contributed by atoms with Crippen molar-refractivity contribution < 1.29 is 23.1 Å². The zero-order valence-corrected chi connectivity index (χ0v) is 13.9. The van der Waals surface area contributed by atoms with Gasteiger partial charge in [0.05, 0.1) is 6.61 Å². The number of halogens is 2. The van der Waals surface area contributed by atoms with Crippen molar-refractivity contribution in [1.29, 1.82) is 0 Å². The molecular weight excluding hydrogens is 316 g/mol. The third-order valence-electron chi connectivity index (χ3n) is 4.08. The van der Waals surface area contributed by atoms with E-state index in [1.54, 1.807) is 0 Å². The largest absolute Gasteiger partial charge is 0.494 e. The summed E-state index contributed by atoms with van der Waals surface area (Å²) in [6.45, 7) is 3.14. The number of rotatable bonds is 7. The first-order chi connectivity index (χ1) is 11.5. The van der Waals surface area contributed by atoms with E-state index in [1.807, 2.05) is 6.92 Å². The van der Waals surface area contributed by atoms with Crippen molar-refractivity contribution in [2.24, 2.45) is 0 Å². The van der Waals surface area contributed by atoms with Crippen LogP contribution in [0.25, 0.3) is 0 Å². The van der Waals surface area contributed by atoms with Gasteiger partial charge in [-0.3, -0.25) is 9.59 Å². The highest BCUT2D eigenvalue weighted by molar-refractivity contribution is 6.15. The highest BCUT2D eigenvalue weighted by Crippen LogP contribution is 2.26. The number of hydrogen-bond donors (Lipinski definition) is 0. The van der Waals surface area contributed by atoms with Gasteiger partial charge in [0.2, 0.25) is 5.78 Å². The van der Waals surface area contributed by atoms with Gasteiger partial charge in [-0.05, 0) is 49.9 Å². The number of carbonyl (C=O) groups is 2. The predicted molar refractivity (Wildman–Crippen MR) is 86.6 cm³/mol. The molecule has 2 rings (SSSR count). The minimum absolute atomic E-state index is 0.187. The first-order valence-electron chi connectivity index (χ1n) is 8.41. The molecule has 0 unspecified atom stereocenters. The van der Waals surface area contributed by atoms with Gasteiger partial charge in [-0.25, -0.2) is 0 Å². The topological polar surface area (TPSA) is 46.6 Å². The van der Waals surface area contributed by atoms with Gasteiger partial charge in [-0.1, -0.05) is 13.3 Å². The number of unbranched alkanes of at least 4 members (excludes halogenated alkanes) is 1. The number of nitrogens with zero attached hydrogens (tertiary/aromatic N) is 1. The van der Waals surface area contributed by atoms with Crippen LogP contribution < -0.4 is 4.74 Å². The third kappa shape index (κ3) is 4.30. The quantitative estimate of drug-likeness (QED) is 0.432. The van der Waals surface area contributed by atoms with Crippen LogP contribution in [0.2, 0.25) is 0 Å². The number of ether oxygens (including phenoxy) is 1. The maximum Gasteiger partial charge on any atom is 0.386 e. The molecule has 1 fully saturated rings. The number of ketones is 1. The molecule has 1 aliphatic heterocycles. The lowest BCUT2D eigenvalue weighted by Crippen LogP contribution is -2.49. The summed E-state index contributed by atoms with van der Waals surface area (Å²) in [6, 6.07) is 5.51. The Bertz CT molecular complexity index is 566. The smallest absolute Gasteiger partial charge is 0.386 e. The molecule has 1 saturated heterocycles. The SMILES string of the molecule is CCCCOc1ccc(C(=O)C(F)(F)C(=O)N2CCCCC2)cc1. The Morgan fingerprint density at radius 3 is 2.33 bits per heavy atom. The van der Waals surface area contributed by atoms with Gasteiger partial charge in [0, 0.05) is 18.7 Å². The molecule has 132 valence electrons. The van der Waals surface area contributed by atoms with Crippen LogP contribution in [0.1, 0.15) is 49.4 Å². The van der Waals surface area contributed by atoms with Gasteiger partial charge >= 0.3 is 11.8 Å². The van der Waals surface area contributed by atoms with Crippen LogP contribution in [0.15, 0.2) is 24.3 Å². The Morgan fingerprint density at radius 2 is 1.75 bits per heavy atom. The fourth-order valence-electron chi connectivity index (χ4n) is 2.61. The molecule has 1 aromatic carbocycles. The summed E-state index contributed by atoms with van der Waals surface area (Å²) >= 11 is 0. The minimum atomic E-state index is -4.03. The summed E-state index contributed by atoms with van der Waals surface area (Å²) in [5.41, 5.74) is -0.187. The van der Waals surface area contributed by atoms with Crippen LogP contribution in [0.4, 0.5) is 8.78 Å². The van der Waals surface area contributed by atoms with E-state index in [2.05, 4.69) is 0 Å². The van der Waals surface area contributed by atoms with Crippen molar-refractivity contribution in [3.63, 3.8) is 0 Å². The number of hydrogen-bond acceptors (Lipinski definition) is 3. The lowest BCUT2D eigenvalue weighted by Gasteiger charge is -2.29. The Labute approximate surface area is 140 Å². The van der Waals surface area contributed by atoms with Gasteiger partial charge in [-0.15, -0.1) is 0 Å². The second-order valence-corrected chi connectivity index (χ2v) is 5.98. The Balaban J connectivity index is 2.04. The zero-order chi connectivity index (χ0) is 17.6. The van der Waals surface area contributed by atoms with Crippen molar-refractivity contribution >= 4 is 11.7 Å². The van der Waals surface area contributed by atoms with Crippen LogP contribution in [0.3, 0.4) is 0 Å². The lowest BCUT2D eigenvalue weighted by molar-refractivity contribution is -0.151. The predicted octanol–water partition coefficient (Wildman–Crippen LogP) is 3.70. The molecule has 1 aromatic rings. The first kappa shape index (κ1) is 18.4. The number of piperidine rings is 1. The fraction of sp³-hybridized carbons (Fsp3) is 0.556. The number of benzene rings is 1. The van der Waals surface area contributed by atoms with Crippen molar-refractivity contribution in [3.05, 3.63) is 29.8 Å². The van der Waals surface area contributed by atoms with E-state index in [1.165, 1.54) is 24.3 Å². The van der Waals surface area contributed by atoms with Crippen LogP contribution >= 0.6 is 0 Å². The molecule has 0 N–H and O–H groups in total. The third-order valence-corrected chi connectivity index (χ3v) is 4.08. The van der Waals surface area contributed by atoms with Crippen LogP contribution in [-0.4, -0.2) is 42.2 Å². The van der Waals surface area contributed by atoms with Gasteiger partial charge in [0.15, 0.2) is 0 Å². The molecule has 1 heterocycles. The van der Waals surface area contributed by atoms with E-state index in [0.29, 0.717) is 25.2 Å². The van der Waals surface area contributed by atoms with Crippen molar-refractivity contribution in [2.45, 2.75) is 45.0 Å². The van der Waals surface area contributed by atoms with E-state index < -0.39 is 17.6 Å². The highest BCUT2D eigenvalue weighted by atomic mass is 19.3. The van der Waals surface area contributed by atoms with Gasteiger partial charge in [0.25, 0.3) is 0 Å². The number of amides is 1. The van der Waals surface area contributed by atoms with Crippen LogP contribution in [0.5, 0.6) is 5.75 Å². The molecule has 6 heteroatoms. The second kappa shape index (κ2) is 8.22. The van der Waals surface area contributed by atoms with Gasteiger partial charge in [-0.2, -0.15) is 8.78 Å².